The van der Waals surface area contributed by atoms with Crippen LogP contribution in [0.3, 0.4) is 0 Å². The lowest BCUT2D eigenvalue weighted by molar-refractivity contribution is -0.139. The SMILES string of the molecule is CC1(C)OC1C1C(C(=O)O)C1(C)C. The van der Waals surface area contributed by atoms with E-state index in [4.69, 9.17) is 9.84 Å². The van der Waals surface area contributed by atoms with Crippen LogP contribution >= 0.6 is 0 Å². The fourth-order valence-corrected chi connectivity index (χ4v) is 2.51. The molecule has 74 valence electrons. The Labute approximate surface area is 78.1 Å². The van der Waals surface area contributed by atoms with Gasteiger partial charge in [0.25, 0.3) is 0 Å². The lowest BCUT2D eigenvalue weighted by atomic mass is 10.0. The molecule has 3 heteroatoms. The van der Waals surface area contributed by atoms with Crippen LogP contribution in [0.2, 0.25) is 0 Å². The van der Waals surface area contributed by atoms with Gasteiger partial charge in [0.1, 0.15) is 0 Å². The minimum atomic E-state index is -0.679. The van der Waals surface area contributed by atoms with Crippen molar-refractivity contribution in [1.82, 2.24) is 0 Å². The van der Waals surface area contributed by atoms with Crippen LogP contribution in [0.15, 0.2) is 0 Å². The summed E-state index contributed by atoms with van der Waals surface area (Å²) in [5.41, 5.74) is -0.170. The Morgan fingerprint density at radius 1 is 1.31 bits per heavy atom. The van der Waals surface area contributed by atoms with Gasteiger partial charge in [0.15, 0.2) is 0 Å². The van der Waals surface area contributed by atoms with Gasteiger partial charge in [-0.25, -0.2) is 0 Å². The van der Waals surface area contributed by atoms with E-state index in [1.54, 1.807) is 0 Å². The van der Waals surface area contributed by atoms with E-state index in [1.807, 2.05) is 27.7 Å². The van der Waals surface area contributed by atoms with Gasteiger partial charge in [0.05, 0.1) is 17.6 Å². The number of epoxide rings is 1. The van der Waals surface area contributed by atoms with E-state index < -0.39 is 5.97 Å². The molecule has 0 aromatic rings. The number of hydrogen-bond acceptors (Lipinski definition) is 2. The molecule has 3 nitrogen and oxygen atoms in total. The first-order chi connectivity index (χ1) is 5.78. The molecular formula is C10H16O3. The molecule has 1 saturated heterocycles. The summed E-state index contributed by atoms with van der Waals surface area (Å²) in [5, 5.41) is 8.95. The summed E-state index contributed by atoms with van der Waals surface area (Å²) in [6, 6.07) is 0. The fourth-order valence-electron chi connectivity index (χ4n) is 2.51. The smallest absolute Gasteiger partial charge is 0.307 e. The second-order valence-corrected chi connectivity index (χ2v) is 5.30. The largest absolute Gasteiger partial charge is 0.481 e. The maximum atomic E-state index is 10.9. The second-order valence-electron chi connectivity index (χ2n) is 5.30. The molecule has 1 N–H and O–H groups in total. The molecule has 2 aliphatic rings. The van der Waals surface area contributed by atoms with Crippen molar-refractivity contribution < 1.29 is 14.6 Å². The molecule has 0 spiro atoms. The van der Waals surface area contributed by atoms with Crippen LogP contribution in [0.1, 0.15) is 27.7 Å². The van der Waals surface area contributed by atoms with Gasteiger partial charge in [-0.05, 0) is 19.3 Å². The molecule has 1 heterocycles. The van der Waals surface area contributed by atoms with Crippen molar-refractivity contribution in [3.8, 4) is 0 Å². The van der Waals surface area contributed by atoms with Crippen LogP contribution in [0, 0.1) is 17.3 Å². The lowest BCUT2D eigenvalue weighted by Gasteiger charge is -1.98. The summed E-state index contributed by atoms with van der Waals surface area (Å²) in [6.07, 6.45) is 0.156. The third kappa shape index (κ3) is 1.10. The standard InChI is InChI=1S/C10H16O3/c1-9(2)5(6(9)8(11)12)7-10(3,4)13-7/h5-7H,1-4H3,(H,11,12). The highest BCUT2D eigenvalue weighted by atomic mass is 16.6. The highest BCUT2D eigenvalue weighted by Crippen LogP contribution is 2.66. The number of rotatable bonds is 2. The van der Waals surface area contributed by atoms with Gasteiger partial charge in [0.2, 0.25) is 0 Å². The third-order valence-corrected chi connectivity index (χ3v) is 3.56. The number of carbonyl (C=O) groups is 1. The van der Waals surface area contributed by atoms with E-state index in [1.165, 1.54) is 0 Å². The minimum Gasteiger partial charge on any atom is -0.481 e. The third-order valence-electron chi connectivity index (χ3n) is 3.56. The first-order valence-electron chi connectivity index (χ1n) is 4.69. The summed E-state index contributed by atoms with van der Waals surface area (Å²) in [4.78, 5) is 10.9. The summed E-state index contributed by atoms with van der Waals surface area (Å²) < 4.78 is 5.48. The van der Waals surface area contributed by atoms with Crippen molar-refractivity contribution in [1.29, 1.82) is 0 Å². The van der Waals surface area contributed by atoms with Gasteiger partial charge in [-0.1, -0.05) is 13.8 Å². The van der Waals surface area contributed by atoms with E-state index in [2.05, 4.69) is 0 Å². The normalized spacial score (nSPS) is 44.2. The monoisotopic (exact) mass is 184 g/mol. The van der Waals surface area contributed by atoms with Gasteiger partial charge < -0.3 is 9.84 Å². The Morgan fingerprint density at radius 2 is 1.77 bits per heavy atom. The molecule has 1 aliphatic carbocycles. The van der Waals surface area contributed by atoms with E-state index in [0.29, 0.717) is 0 Å². The van der Waals surface area contributed by atoms with Gasteiger partial charge in [0, 0.05) is 5.92 Å². The first-order valence-corrected chi connectivity index (χ1v) is 4.69. The zero-order valence-electron chi connectivity index (χ0n) is 8.50. The van der Waals surface area contributed by atoms with Gasteiger partial charge >= 0.3 is 5.97 Å². The van der Waals surface area contributed by atoms with Gasteiger partial charge in [-0.15, -0.1) is 0 Å². The number of aliphatic carboxylic acids is 1. The Kier molecular flexibility index (Phi) is 1.44. The molecule has 3 atom stereocenters. The first kappa shape index (κ1) is 9.00. The zero-order chi connectivity index (χ0) is 10.0. The Balaban J connectivity index is 2.09. The van der Waals surface area contributed by atoms with Crippen LogP contribution in [0.25, 0.3) is 0 Å². The number of carboxylic acid groups (broad SMARTS) is 1. The zero-order valence-corrected chi connectivity index (χ0v) is 8.50. The molecule has 1 aliphatic heterocycles. The van der Waals surface area contributed by atoms with E-state index >= 15 is 0 Å². The van der Waals surface area contributed by atoms with Crippen molar-refractivity contribution in [2.45, 2.75) is 39.4 Å². The second kappa shape index (κ2) is 2.08. The lowest BCUT2D eigenvalue weighted by Crippen LogP contribution is -2.09. The molecule has 0 amide bonds. The minimum absolute atomic E-state index is 0.0791. The highest BCUT2D eigenvalue weighted by molar-refractivity contribution is 5.76. The van der Waals surface area contributed by atoms with Gasteiger partial charge in [-0.3, -0.25) is 4.79 Å². The van der Waals surface area contributed by atoms with Gasteiger partial charge in [-0.2, -0.15) is 0 Å². The molecule has 0 aromatic heterocycles. The topological polar surface area (TPSA) is 49.8 Å². The van der Waals surface area contributed by atoms with Crippen LogP contribution in [-0.2, 0) is 9.53 Å². The molecule has 1 saturated carbocycles. The number of ether oxygens (including phenoxy) is 1. The van der Waals surface area contributed by atoms with Crippen LogP contribution < -0.4 is 0 Å². The van der Waals surface area contributed by atoms with E-state index in [0.717, 1.165) is 0 Å². The predicted octanol–water partition coefficient (Wildman–Crippen LogP) is 1.52. The molecule has 2 fully saturated rings. The molecule has 0 bridgehead atoms. The summed E-state index contributed by atoms with van der Waals surface area (Å²) in [7, 11) is 0. The Bertz CT molecular complexity index is 267. The molecule has 2 rings (SSSR count). The average Bonchev–Trinajstić information content (AvgIpc) is 2.68. The van der Waals surface area contributed by atoms with Crippen LogP contribution in [0.5, 0.6) is 0 Å². The van der Waals surface area contributed by atoms with E-state index in [9.17, 15) is 4.79 Å². The van der Waals surface area contributed by atoms with Crippen molar-refractivity contribution in [2.75, 3.05) is 0 Å². The molecule has 0 aromatic carbocycles. The Hall–Kier alpha value is -0.570. The maximum Gasteiger partial charge on any atom is 0.307 e. The highest BCUT2D eigenvalue weighted by Gasteiger charge is 2.72. The fraction of sp³-hybridized carbons (Fsp3) is 0.900. The maximum absolute atomic E-state index is 10.9. The molecule has 13 heavy (non-hydrogen) atoms. The molecule has 3 unspecified atom stereocenters. The van der Waals surface area contributed by atoms with E-state index in [-0.39, 0.29) is 29.0 Å². The predicted molar refractivity (Wildman–Crippen MR) is 47.3 cm³/mol. The van der Waals surface area contributed by atoms with Crippen molar-refractivity contribution in [3.63, 3.8) is 0 Å². The summed E-state index contributed by atoms with van der Waals surface area (Å²) in [5.74, 6) is -0.680. The molecule has 0 radical (unpaired) electrons. The average molecular weight is 184 g/mol. The van der Waals surface area contributed by atoms with Crippen molar-refractivity contribution in [2.24, 2.45) is 17.3 Å². The quantitative estimate of drug-likeness (QED) is 0.662. The number of hydrogen-bond donors (Lipinski definition) is 1. The number of carboxylic acids is 1. The summed E-state index contributed by atoms with van der Waals surface area (Å²) >= 11 is 0. The summed E-state index contributed by atoms with van der Waals surface area (Å²) in [6.45, 7) is 8.05. The van der Waals surface area contributed by atoms with Crippen molar-refractivity contribution >= 4 is 5.97 Å². The Morgan fingerprint density at radius 3 is 2.00 bits per heavy atom. The molecular weight excluding hydrogens is 168 g/mol. The van der Waals surface area contributed by atoms with Crippen LogP contribution in [0.4, 0.5) is 0 Å². The van der Waals surface area contributed by atoms with Crippen LogP contribution in [-0.4, -0.2) is 22.8 Å². The van der Waals surface area contributed by atoms with Crippen molar-refractivity contribution in [3.05, 3.63) is 0 Å².